The zero-order chi connectivity index (χ0) is 7.84. The average molecular weight is 155 g/mol. The first-order valence-electron chi connectivity index (χ1n) is 4.63. The summed E-state index contributed by atoms with van der Waals surface area (Å²) in [5.74, 6) is 0.845. The minimum absolute atomic E-state index is 0.624. The van der Waals surface area contributed by atoms with E-state index in [1.807, 2.05) is 0 Å². The molecule has 0 aromatic carbocycles. The van der Waals surface area contributed by atoms with E-state index in [-0.39, 0.29) is 0 Å². The van der Waals surface area contributed by atoms with Crippen LogP contribution >= 0.6 is 0 Å². The maximum Gasteiger partial charge on any atom is 0.0850 e. The van der Waals surface area contributed by atoms with Crippen molar-refractivity contribution < 1.29 is 4.74 Å². The second-order valence-electron chi connectivity index (χ2n) is 4.01. The fraction of sp³-hybridized carbons (Fsp3) is 1.00. The van der Waals surface area contributed by atoms with Crippen molar-refractivity contribution in [2.24, 2.45) is 5.92 Å². The largest absolute Gasteiger partial charge is 0.373 e. The van der Waals surface area contributed by atoms with Gasteiger partial charge < -0.3 is 9.64 Å². The smallest absolute Gasteiger partial charge is 0.0850 e. The van der Waals surface area contributed by atoms with E-state index in [1.165, 1.54) is 19.5 Å². The molecule has 2 fully saturated rings. The summed E-state index contributed by atoms with van der Waals surface area (Å²) in [6, 6.07) is 0.721. The van der Waals surface area contributed by atoms with Crippen molar-refractivity contribution in [3.05, 3.63) is 0 Å². The molecule has 2 heterocycles. The molecule has 0 unspecified atom stereocenters. The maximum absolute atomic E-state index is 5.29. The van der Waals surface area contributed by atoms with Crippen molar-refractivity contribution in [1.29, 1.82) is 0 Å². The van der Waals surface area contributed by atoms with Crippen molar-refractivity contribution in [3.8, 4) is 0 Å². The van der Waals surface area contributed by atoms with Crippen LogP contribution in [-0.4, -0.2) is 36.7 Å². The predicted octanol–water partition coefficient (Wildman–Crippen LogP) is 1.12. The molecule has 2 saturated heterocycles. The monoisotopic (exact) mass is 155 g/mol. The highest BCUT2D eigenvalue weighted by atomic mass is 16.6. The normalized spacial score (nSPS) is 38.5. The van der Waals surface area contributed by atoms with E-state index < -0.39 is 0 Å². The third-order valence-electron chi connectivity index (χ3n) is 2.87. The Bertz CT molecular complexity index is 134. The Balaban J connectivity index is 1.82. The van der Waals surface area contributed by atoms with Gasteiger partial charge in [-0.25, -0.2) is 0 Å². The van der Waals surface area contributed by atoms with Crippen LogP contribution in [0.25, 0.3) is 0 Å². The van der Waals surface area contributed by atoms with E-state index in [2.05, 4.69) is 18.7 Å². The van der Waals surface area contributed by atoms with E-state index in [1.54, 1.807) is 0 Å². The van der Waals surface area contributed by atoms with Crippen molar-refractivity contribution in [3.63, 3.8) is 0 Å². The van der Waals surface area contributed by atoms with Crippen LogP contribution in [0.2, 0.25) is 0 Å². The Morgan fingerprint density at radius 3 is 2.64 bits per heavy atom. The molecule has 0 spiro atoms. The number of rotatable bonds is 2. The van der Waals surface area contributed by atoms with Crippen LogP contribution in [0.1, 0.15) is 20.3 Å². The molecular weight excluding hydrogens is 138 g/mol. The summed E-state index contributed by atoms with van der Waals surface area (Å²) < 4.78 is 5.29. The molecule has 0 bridgehead atoms. The molecule has 0 N–H and O–H groups in total. The van der Waals surface area contributed by atoms with Crippen molar-refractivity contribution in [2.75, 3.05) is 19.7 Å². The number of nitrogens with zero attached hydrogens (tertiary/aromatic N) is 1. The minimum atomic E-state index is 0.624. The molecule has 11 heavy (non-hydrogen) atoms. The van der Waals surface area contributed by atoms with E-state index in [4.69, 9.17) is 4.74 Å². The third kappa shape index (κ3) is 1.57. The van der Waals surface area contributed by atoms with E-state index in [0.717, 1.165) is 18.6 Å². The molecule has 0 radical (unpaired) electrons. The molecule has 0 saturated carbocycles. The van der Waals surface area contributed by atoms with Crippen LogP contribution in [0.4, 0.5) is 0 Å². The van der Waals surface area contributed by atoms with Gasteiger partial charge in [0.25, 0.3) is 0 Å². The lowest BCUT2D eigenvalue weighted by Gasteiger charge is -2.19. The Kier molecular flexibility index (Phi) is 1.90. The number of epoxide rings is 1. The van der Waals surface area contributed by atoms with E-state index in [0.29, 0.717) is 6.10 Å². The maximum atomic E-state index is 5.29. The van der Waals surface area contributed by atoms with Crippen LogP contribution in [0.3, 0.4) is 0 Å². The van der Waals surface area contributed by atoms with Gasteiger partial charge in [-0.05, 0) is 26.8 Å². The van der Waals surface area contributed by atoms with Crippen LogP contribution in [-0.2, 0) is 4.74 Å². The van der Waals surface area contributed by atoms with Gasteiger partial charge in [-0.2, -0.15) is 0 Å². The highest BCUT2D eigenvalue weighted by molar-refractivity contribution is 4.87. The van der Waals surface area contributed by atoms with Crippen LogP contribution in [0.15, 0.2) is 0 Å². The van der Waals surface area contributed by atoms with Gasteiger partial charge in [-0.15, -0.1) is 0 Å². The van der Waals surface area contributed by atoms with E-state index >= 15 is 0 Å². The molecule has 0 aliphatic carbocycles. The molecule has 2 nitrogen and oxygen atoms in total. The summed E-state index contributed by atoms with van der Waals surface area (Å²) >= 11 is 0. The lowest BCUT2D eigenvalue weighted by molar-refractivity contribution is 0.251. The lowest BCUT2D eigenvalue weighted by Crippen LogP contribution is -2.28. The SMILES string of the molecule is CC(C)N1CC[C@H]([C@@H]2CO2)C1. The average Bonchev–Trinajstić information content (AvgIpc) is 2.68. The number of hydrogen-bond acceptors (Lipinski definition) is 2. The van der Waals surface area contributed by atoms with E-state index in [9.17, 15) is 0 Å². The van der Waals surface area contributed by atoms with Crippen molar-refractivity contribution in [1.82, 2.24) is 4.90 Å². The number of likely N-dealkylation sites (tertiary alicyclic amines) is 1. The first-order valence-corrected chi connectivity index (χ1v) is 4.63. The van der Waals surface area contributed by atoms with Crippen LogP contribution < -0.4 is 0 Å². The molecule has 2 heteroatoms. The van der Waals surface area contributed by atoms with Gasteiger partial charge in [0.15, 0.2) is 0 Å². The molecule has 2 aliphatic rings. The van der Waals surface area contributed by atoms with Crippen molar-refractivity contribution >= 4 is 0 Å². The molecule has 2 aliphatic heterocycles. The fourth-order valence-electron chi connectivity index (χ4n) is 1.92. The summed E-state index contributed by atoms with van der Waals surface area (Å²) in [5.41, 5.74) is 0. The van der Waals surface area contributed by atoms with Crippen LogP contribution in [0, 0.1) is 5.92 Å². The topological polar surface area (TPSA) is 15.8 Å². The Hall–Kier alpha value is -0.0800. The predicted molar refractivity (Wildman–Crippen MR) is 44.6 cm³/mol. The zero-order valence-electron chi connectivity index (χ0n) is 7.42. The quantitative estimate of drug-likeness (QED) is 0.555. The lowest BCUT2D eigenvalue weighted by atomic mass is 10.1. The molecule has 0 amide bonds. The standard InChI is InChI=1S/C9H17NO/c1-7(2)10-4-3-8(5-10)9-6-11-9/h7-9H,3-6H2,1-2H3/t8-,9-/m0/s1. The van der Waals surface area contributed by atoms with Gasteiger partial charge in [0, 0.05) is 18.5 Å². The van der Waals surface area contributed by atoms with Crippen molar-refractivity contribution in [2.45, 2.75) is 32.4 Å². The van der Waals surface area contributed by atoms with Crippen LogP contribution in [0.5, 0.6) is 0 Å². The second-order valence-corrected chi connectivity index (χ2v) is 4.01. The highest BCUT2D eigenvalue weighted by Crippen LogP contribution is 2.29. The van der Waals surface area contributed by atoms with Gasteiger partial charge in [0.1, 0.15) is 0 Å². The molecule has 0 aromatic rings. The first kappa shape index (κ1) is 7.56. The Morgan fingerprint density at radius 2 is 2.18 bits per heavy atom. The Morgan fingerprint density at radius 1 is 1.45 bits per heavy atom. The fourth-order valence-corrected chi connectivity index (χ4v) is 1.92. The second kappa shape index (κ2) is 2.76. The minimum Gasteiger partial charge on any atom is -0.373 e. The van der Waals surface area contributed by atoms with Gasteiger partial charge >= 0.3 is 0 Å². The Labute approximate surface area is 68.5 Å². The summed E-state index contributed by atoms with van der Waals surface area (Å²) in [5, 5.41) is 0. The molecule has 0 aromatic heterocycles. The number of ether oxygens (including phenoxy) is 1. The molecule has 2 rings (SSSR count). The van der Waals surface area contributed by atoms with Gasteiger partial charge in [-0.3, -0.25) is 0 Å². The van der Waals surface area contributed by atoms with Gasteiger partial charge in [0.05, 0.1) is 12.7 Å². The summed E-state index contributed by atoms with van der Waals surface area (Å²) in [6.07, 6.45) is 1.97. The van der Waals surface area contributed by atoms with Gasteiger partial charge in [-0.1, -0.05) is 0 Å². The molecular formula is C9H17NO. The highest BCUT2D eigenvalue weighted by Gasteiger charge is 2.37. The molecule has 64 valence electrons. The molecule has 2 atom stereocenters. The number of hydrogen-bond donors (Lipinski definition) is 0. The summed E-state index contributed by atoms with van der Waals surface area (Å²) in [4.78, 5) is 2.55. The van der Waals surface area contributed by atoms with Gasteiger partial charge in [0.2, 0.25) is 0 Å². The first-order chi connectivity index (χ1) is 5.27. The summed E-state index contributed by atoms with van der Waals surface area (Å²) in [6.45, 7) is 8.12. The summed E-state index contributed by atoms with van der Waals surface area (Å²) in [7, 11) is 0. The third-order valence-corrected chi connectivity index (χ3v) is 2.87. The zero-order valence-corrected chi connectivity index (χ0v) is 7.42.